The van der Waals surface area contributed by atoms with E-state index in [4.69, 9.17) is 14.9 Å². The van der Waals surface area contributed by atoms with Gasteiger partial charge in [-0.2, -0.15) is 0 Å². The highest BCUT2D eigenvalue weighted by Crippen LogP contribution is 2.30. The number of carbonyl (C=O) groups excluding carboxylic acids is 1. The molecule has 0 saturated heterocycles. The van der Waals surface area contributed by atoms with Crippen molar-refractivity contribution in [2.75, 3.05) is 6.61 Å². The minimum atomic E-state index is -0.659. The van der Waals surface area contributed by atoms with Gasteiger partial charge < -0.3 is 14.9 Å². The minimum Gasteiger partial charge on any atom is -0.476 e. The van der Waals surface area contributed by atoms with Crippen LogP contribution in [0, 0.1) is 6.92 Å². The molecule has 2 N–H and O–H groups in total. The molecule has 5 nitrogen and oxygen atoms in total. The van der Waals surface area contributed by atoms with Crippen molar-refractivity contribution < 1.29 is 13.9 Å². The average molecular weight is 309 g/mol. The van der Waals surface area contributed by atoms with Gasteiger partial charge in [-0.15, -0.1) is 0 Å². The Morgan fingerprint density at radius 1 is 1.17 bits per heavy atom. The van der Waals surface area contributed by atoms with Crippen LogP contribution in [0.1, 0.15) is 5.56 Å². The molecular weight excluding hydrogens is 294 g/mol. The smallest absolute Gasteiger partial charge is 0.255 e. The van der Waals surface area contributed by atoms with Gasteiger partial charge in [0.25, 0.3) is 5.91 Å². The first-order chi connectivity index (χ1) is 11.1. The van der Waals surface area contributed by atoms with Crippen LogP contribution in [0.3, 0.4) is 0 Å². The largest absolute Gasteiger partial charge is 0.476 e. The Hall–Kier alpha value is -3.08. The van der Waals surface area contributed by atoms with Gasteiger partial charge in [0.1, 0.15) is 5.58 Å². The van der Waals surface area contributed by atoms with Crippen LogP contribution in [0.25, 0.3) is 22.3 Å². The van der Waals surface area contributed by atoms with Crippen LogP contribution in [0.15, 0.2) is 57.7 Å². The summed E-state index contributed by atoms with van der Waals surface area (Å²) in [4.78, 5) is 23.8. The van der Waals surface area contributed by atoms with Crippen LogP contribution in [0.2, 0.25) is 0 Å². The first kappa shape index (κ1) is 14.8. The zero-order chi connectivity index (χ0) is 16.4. The molecule has 1 amide bonds. The number of fused-ring (bicyclic) bond motifs is 1. The van der Waals surface area contributed by atoms with E-state index in [2.05, 4.69) is 0 Å². The maximum Gasteiger partial charge on any atom is 0.255 e. The van der Waals surface area contributed by atoms with Crippen LogP contribution in [-0.4, -0.2) is 12.5 Å². The maximum atomic E-state index is 12.8. The molecule has 2 aromatic carbocycles. The van der Waals surface area contributed by atoms with Crippen LogP contribution in [0.5, 0.6) is 5.75 Å². The standard InChI is InChI=1S/C18H15NO4/c1-11-7-8-14-13(9-11)16(21)18(22-10-15(19)20)17(23-14)12-5-3-2-4-6-12/h2-9H,10H2,1H3,(H2,19,20). The molecule has 0 bridgehead atoms. The molecule has 1 aromatic heterocycles. The van der Waals surface area contributed by atoms with Crippen molar-refractivity contribution >= 4 is 16.9 Å². The van der Waals surface area contributed by atoms with Crippen molar-refractivity contribution in [2.24, 2.45) is 5.73 Å². The fourth-order valence-corrected chi connectivity index (χ4v) is 2.35. The molecule has 0 saturated carbocycles. The van der Waals surface area contributed by atoms with E-state index >= 15 is 0 Å². The average Bonchev–Trinajstić information content (AvgIpc) is 2.55. The molecule has 0 aliphatic heterocycles. The fourth-order valence-electron chi connectivity index (χ4n) is 2.35. The molecule has 1 heterocycles. The van der Waals surface area contributed by atoms with E-state index in [0.29, 0.717) is 16.5 Å². The molecule has 0 aliphatic rings. The highest BCUT2D eigenvalue weighted by Gasteiger charge is 2.18. The summed E-state index contributed by atoms with van der Waals surface area (Å²) < 4.78 is 11.2. The zero-order valence-electron chi connectivity index (χ0n) is 12.5. The Bertz CT molecular complexity index is 929. The molecular formula is C18H15NO4. The Balaban J connectivity index is 2.28. The highest BCUT2D eigenvalue weighted by atomic mass is 16.5. The van der Waals surface area contributed by atoms with Crippen molar-refractivity contribution in [1.29, 1.82) is 0 Å². The fraction of sp³-hybridized carbons (Fsp3) is 0.111. The van der Waals surface area contributed by atoms with Gasteiger partial charge in [0.05, 0.1) is 5.39 Å². The number of rotatable bonds is 4. The lowest BCUT2D eigenvalue weighted by Crippen LogP contribution is -2.22. The normalized spacial score (nSPS) is 10.7. The Morgan fingerprint density at radius 3 is 2.61 bits per heavy atom. The van der Waals surface area contributed by atoms with E-state index in [0.717, 1.165) is 5.56 Å². The van der Waals surface area contributed by atoms with E-state index in [1.807, 2.05) is 31.2 Å². The SMILES string of the molecule is Cc1ccc2oc(-c3ccccc3)c(OCC(N)=O)c(=O)c2c1. The summed E-state index contributed by atoms with van der Waals surface area (Å²) in [7, 11) is 0. The van der Waals surface area contributed by atoms with Crippen LogP contribution >= 0.6 is 0 Å². The van der Waals surface area contributed by atoms with Crippen molar-refractivity contribution in [1.82, 2.24) is 0 Å². The molecule has 3 aromatic rings. The number of ether oxygens (including phenoxy) is 1. The van der Waals surface area contributed by atoms with Crippen LogP contribution < -0.4 is 15.9 Å². The Labute approximate surface area is 132 Å². The number of hydrogen-bond acceptors (Lipinski definition) is 4. The van der Waals surface area contributed by atoms with Gasteiger partial charge in [0.2, 0.25) is 11.2 Å². The van der Waals surface area contributed by atoms with Gasteiger partial charge in [-0.1, -0.05) is 42.0 Å². The molecule has 0 spiro atoms. The highest BCUT2D eigenvalue weighted by molar-refractivity contribution is 5.83. The van der Waals surface area contributed by atoms with E-state index in [1.165, 1.54) is 0 Å². The molecule has 0 fully saturated rings. The number of benzene rings is 2. The number of carbonyl (C=O) groups is 1. The summed E-state index contributed by atoms with van der Waals surface area (Å²) in [6.07, 6.45) is 0. The molecule has 116 valence electrons. The van der Waals surface area contributed by atoms with Gasteiger partial charge in [0, 0.05) is 5.56 Å². The predicted molar refractivity (Wildman–Crippen MR) is 87.3 cm³/mol. The Kier molecular flexibility index (Phi) is 3.85. The second-order valence-electron chi connectivity index (χ2n) is 5.21. The Morgan fingerprint density at radius 2 is 1.91 bits per heavy atom. The maximum absolute atomic E-state index is 12.8. The number of hydrogen-bond donors (Lipinski definition) is 1. The number of aryl methyl sites for hydroxylation is 1. The molecule has 0 unspecified atom stereocenters. The third kappa shape index (κ3) is 2.94. The predicted octanol–water partition coefficient (Wildman–Crippen LogP) is 2.63. The van der Waals surface area contributed by atoms with E-state index in [1.54, 1.807) is 24.3 Å². The van der Waals surface area contributed by atoms with Gasteiger partial charge in [-0.3, -0.25) is 9.59 Å². The second-order valence-corrected chi connectivity index (χ2v) is 5.21. The summed E-state index contributed by atoms with van der Waals surface area (Å²) in [5.41, 5.74) is 6.87. The van der Waals surface area contributed by atoms with Crippen LogP contribution in [-0.2, 0) is 4.79 Å². The van der Waals surface area contributed by atoms with Gasteiger partial charge >= 0.3 is 0 Å². The zero-order valence-corrected chi connectivity index (χ0v) is 12.5. The first-order valence-corrected chi connectivity index (χ1v) is 7.10. The van der Waals surface area contributed by atoms with E-state index in [9.17, 15) is 9.59 Å². The van der Waals surface area contributed by atoms with Gasteiger partial charge in [0.15, 0.2) is 12.4 Å². The molecule has 0 radical (unpaired) electrons. The summed E-state index contributed by atoms with van der Waals surface area (Å²) in [5, 5.41) is 0.407. The molecule has 0 aliphatic carbocycles. The monoisotopic (exact) mass is 309 g/mol. The number of nitrogens with two attached hydrogens (primary N) is 1. The van der Waals surface area contributed by atoms with Gasteiger partial charge in [-0.05, 0) is 19.1 Å². The molecule has 23 heavy (non-hydrogen) atoms. The summed E-state index contributed by atoms with van der Waals surface area (Å²) >= 11 is 0. The third-order valence-electron chi connectivity index (χ3n) is 3.40. The summed E-state index contributed by atoms with van der Waals surface area (Å²) in [6, 6.07) is 14.5. The van der Waals surface area contributed by atoms with Gasteiger partial charge in [-0.25, -0.2) is 0 Å². The first-order valence-electron chi connectivity index (χ1n) is 7.10. The lowest BCUT2D eigenvalue weighted by atomic mass is 10.1. The number of amides is 1. The van der Waals surface area contributed by atoms with E-state index in [-0.39, 0.29) is 23.5 Å². The van der Waals surface area contributed by atoms with Crippen molar-refractivity contribution in [3.8, 4) is 17.1 Å². The van der Waals surface area contributed by atoms with Crippen molar-refractivity contribution in [3.63, 3.8) is 0 Å². The molecule has 5 heteroatoms. The van der Waals surface area contributed by atoms with Crippen molar-refractivity contribution in [2.45, 2.75) is 6.92 Å². The molecule has 0 atom stereocenters. The lowest BCUT2D eigenvalue weighted by molar-refractivity contribution is -0.119. The molecule has 3 rings (SSSR count). The summed E-state index contributed by atoms with van der Waals surface area (Å²) in [5.74, 6) is -0.381. The summed E-state index contributed by atoms with van der Waals surface area (Å²) in [6.45, 7) is 1.50. The number of primary amides is 1. The topological polar surface area (TPSA) is 82.5 Å². The quantitative estimate of drug-likeness (QED) is 0.803. The second kappa shape index (κ2) is 5.96. The van der Waals surface area contributed by atoms with Crippen molar-refractivity contribution in [3.05, 3.63) is 64.3 Å². The minimum absolute atomic E-state index is 0.00639. The third-order valence-corrected chi connectivity index (χ3v) is 3.40. The van der Waals surface area contributed by atoms with E-state index < -0.39 is 5.91 Å². The lowest BCUT2D eigenvalue weighted by Gasteiger charge is -2.11. The van der Waals surface area contributed by atoms with Crippen LogP contribution in [0.4, 0.5) is 0 Å².